The van der Waals surface area contributed by atoms with Crippen molar-refractivity contribution >= 4 is 11.8 Å². The molecular formula is C21H29N3O4. The first-order valence-corrected chi connectivity index (χ1v) is 10.2. The number of carbonyl (C=O) groups is 2. The predicted molar refractivity (Wildman–Crippen MR) is 103 cm³/mol. The molecule has 2 amide bonds. The number of hydrogen-bond acceptors (Lipinski definition) is 5. The molecule has 3 aliphatic rings. The van der Waals surface area contributed by atoms with Crippen LogP contribution in [-0.4, -0.2) is 61.2 Å². The van der Waals surface area contributed by atoms with E-state index >= 15 is 0 Å². The lowest BCUT2D eigenvalue weighted by Crippen LogP contribution is -2.49. The number of aromatic nitrogens is 1. The Morgan fingerprint density at radius 2 is 1.93 bits per heavy atom. The van der Waals surface area contributed by atoms with E-state index in [1.165, 1.54) is 12.5 Å². The summed E-state index contributed by atoms with van der Waals surface area (Å²) in [5.41, 5.74) is 2.80. The van der Waals surface area contributed by atoms with Gasteiger partial charge >= 0.3 is 0 Å². The van der Waals surface area contributed by atoms with E-state index in [-0.39, 0.29) is 24.0 Å². The molecule has 7 heteroatoms. The van der Waals surface area contributed by atoms with Gasteiger partial charge in [0.1, 0.15) is 5.56 Å². The summed E-state index contributed by atoms with van der Waals surface area (Å²) in [6.07, 6.45) is 4.71. The van der Waals surface area contributed by atoms with Crippen LogP contribution in [0.5, 0.6) is 5.88 Å². The van der Waals surface area contributed by atoms with Crippen LogP contribution in [0.25, 0.3) is 0 Å². The van der Waals surface area contributed by atoms with Crippen LogP contribution in [0.2, 0.25) is 0 Å². The van der Waals surface area contributed by atoms with E-state index in [1.807, 2.05) is 11.0 Å². The lowest BCUT2D eigenvalue weighted by Gasteiger charge is -2.37. The maximum Gasteiger partial charge on any atom is 0.259 e. The minimum absolute atomic E-state index is 0.00139. The first-order chi connectivity index (χ1) is 13.5. The van der Waals surface area contributed by atoms with Crippen LogP contribution >= 0.6 is 0 Å². The average molecular weight is 387 g/mol. The Balaban J connectivity index is 1.51. The van der Waals surface area contributed by atoms with Gasteiger partial charge < -0.3 is 19.7 Å². The zero-order valence-electron chi connectivity index (χ0n) is 16.9. The van der Waals surface area contributed by atoms with E-state index in [0.717, 1.165) is 44.3 Å². The normalized spacial score (nSPS) is 28.6. The van der Waals surface area contributed by atoms with E-state index in [2.05, 4.69) is 10.3 Å². The molecule has 7 nitrogen and oxygen atoms in total. The molecule has 2 heterocycles. The fraction of sp³-hybridized carbons (Fsp3) is 0.667. The van der Waals surface area contributed by atoms with Gasteiger partial charge in [-0.05, 0) is 55.6 Å². The van der Waals surface area contributed by atoms with Crippen molar-refractivity contribution in [2.75, 3.05) is 27.3 Å². The Labute approximate surface area is 165 Å². The van der Waals surface area contributed by atoms with E-state index < -0.39 is 0 Å². The molecular weight excluding hydrogens is 358 g/mol. The van der Waals surface area contributed by atoms with Gasteiger partial charge in [0, 0.05) is 32.8 Å². The van der Waals surface area contributed by atoms with Crippen LogP contribution in [0.15, 0.2) is 6.07 Å². The molecule has 1 saturated heterocycles. The molecule has 2 aliphatic carbocycles. The summed E-state index contributed by atoms with van der Waals surface area (Å²) in [6, 6.07) is 1.99. The molecule has 0 aromatic carbocycles. The number of methoxy groups -OCH3 is 2. The number of fused-ring (bicyclic) bond motifs is 2. The van der Waals surface area contributed by atoms with Gasteiger partial charge in [0.05, 0.1) is 19.3 Å². The molecule has 152 valence electrons. The van der Waals surface area contributed by atoms with Crippen LogP contribution in [0.3, 0.4) is 0 Å². The molecule has 1 saturated carbocycles. The van der Waals surface area contributed by atoms with Gasteiger partial charge in [-0.2, -0.15) is 0 Å². The second-order valence-corrected chi connectivity index (χ2v) is 8.29. The van der Waals surface area contributed by atoms with Crippen LogP contribution in [-0.2, 0) is 22.4 Å². The third-order valence-electron chi connectivity index (χ3n) is 6.54. The average Bonchev–Trinajstić information content (AvgIpc) is 3.30. The van der Waals surface area contributed by atoms with Gasteiger partial charge in [0.2, 0.25) is 11.8 Å². The molecule has 2 fully saturated rings. The first kappa shape index (κ1) is 19.2. The van der Waals surface area contributed by atoms with Crippen molar-refractivity contribution in [1.82, 2.24) is 15.2 Å². The molecule has 28 heavy (non-hydrogen) atoms. The van der Waals surface area contributed by atoms with Gasteiger partial charge in [-0.3, -0.25) is 9.59 Å². The molecule has 0 unspecified atom stereocenters. The number of nitrogens with one attached hydrogen (secondary N) is 1. The molecule has 4 atom stereocenters. The lowest BCUT2D eigenvalue weighted by atomic mass is 9.77. The second-order valence-electron chi connectivity index (χ2n) is 8.29. The predicted octanol–water partition coefficient (Wildman–Crippen LogP) is 1.58. The van der Waals surface area contributed by atoms with E-state index in [4.69, 9.17) is 9.47 Å². The summed E-state index contributed by atoms with van der Waals surface area (Å²) >= 11 is 0. The quantitative estimate of drug-likeness (QED) is 0.848. The Morgan fingerprint density at radius 1 is 1.18 bits per heavy atom. The summed E-state index contributed by atoms with van der Waals surface area (Å²) in [4.78, 5) is 31.3. The van der Waals surface area contributed by atoms with Crippen LogP contribution in [0.4, 0.5) is 0 Å². The van der Waals surface area contributed by atoms with Crippen LogP contribution in [0, 0.1) is 11.8 Å². The minimum Gasteiger partial charge on any atom is -0.480 e. The highest BCUT2D eigenvalue weighted by molar-refractivity contribution is 5.97. The second kappa shape index (κ2) is 7.70. The summed E-state index contributed by atoms with van der Waals surface area (Å²) < 4.78 is 11.1. The third-order valence-corrected chi connectivity index (χ3v) is 6.54. The fourth-order valence-electron chi connectivity index (χ4n) is 5.18. The molecule has 1 aromatic rings. The lowest BCUT2D eigenvalue weighted by molar-refractivity contribution is -0.121. The topological polar surface area (TPSA) is 80.8 Å². The summed E-state index contributed by atoms with van der Waals surface area (Å²) in [5.74, 6) is 1.17. The molecule has 1 aromatic heterocycles. The van der Waals surface area contributed by atoms with Crippen LogP contribution < -0.4 is 10.1 Å². The highest BCUT2D eigenvalue weighted by Gasteiger charge is 2.44. The molecule has 1 aliphatic heterocycles. The monoisotopic (exact) mass is 387 g/mol. The van der Waals surface area contributed by atoms with Gasteiger partial charge in [-0.1, -0.05) is 0 Å². The molecule has 0 bridgehead atoms. The Kier molecular flexibility index (Phi) is 5.27. The largest absolute Gasteiger partial charge is 0.480 e. The van der Waals surface area contributed by atoms with E-state index in [9.17, 15) is 9.59 Å². The highest BCUT2D eigenvalue weighted by Crippen LogP contribution is 2.38. The first-order valence-electron chi connectivity index (χ1n) is 10.2. The Morgan fingerprint density at radius 3 is 2.61 bits per heavy atom. The third kappa shape index (κ3) is 3.48. The Hall–Kier alpha value is -2.15. The molecule has 0 spiro atoms. The van der Waals surface area contributed by atoms with Crippen molar-refractivity contribution in [3.8, 4) is 5.88 Å². The number of ether oxygens (including phenoxy) is 2. The molecule has 4 rings (SSSR count). The Bertz CT molecular complexity index is 781. The van der Waals surface area contributed by atoms with Gasteiger partial charge in [-0.15, -0.1) is 0 Å². The van der Waals surface area contributed by atoms with Crippen molar-refractivity contribution in [3.05, 3.63) is 22.9 Å². The number of likely N-dealkylation sites (tertiary alicyclic amines) is 1. The fourth-order valence-corrected chi connectivity index (χ4v) is 5.18. The number of aryl methyl sites for hydroxylation is 2. The summed E-state index contributed by atoms with van der Waals surface area (Å²) in [5, 5.41) is 3.02. The number of carbonyl (C=O) groups excluding carboxylic acids is 2. The summed E-state index contributed by atoms with van der Waals surface area (Å²) in [6.45, 7) is 2.96. The van der Waals surface area contributed by atoms with Gasteiger partial charge in [0.15, 0.2) is 0 Å². The van der Waals surface area contributed by atoms with Crippen molar-refractivity contribution in [2.24, 2.45) is 11.8 Å². The van der Waals surface area contributed by atoms with Crippen molar-refractivity contribution in [2.45, 2.75) is 51.2 Å². The van der Waals surface area contributed by atoms with Crippen LogP contribution in [0.1, 0.15) is 47.8 Å². The maximum absolute atomic E-state index is 13.3. The number of amides is 2. The van der Waals surface area contributed by atoms with Crippen molar-refractivity contribution in [1.29, 1.82) is 0 Å². The molecule has 1 N–H and O–H groups in total. The van der Waals surface area contributed by atoms with Crippen molar-refractivity contribution in [3.63, 3.8) is 0 Å². The zero-order chi connectivity index (χ0) is 19.8. The maximum atomic E-state index is 13.3. The number of rotatable bonds is 4. The smallest absolute Gasteiger partial charge is 0.259 e. The van der Waals surface area contributed by atoms with E-state index in [0.29, 0.717) is 29.8 Å². The van der Waals surface area contributed by atoms with Gasteiger partial charge in [-0.25, -0.2) is 4.98 Å². The standard InChI is InChI=1S/C21H29N3O4/c1-12(25)22-18-8-14-10-24(11-15(14)9-19(18)27-2)21(26)16-7-13-5-4-6-17(13)23-20(16)28-3/h7,14-15,18-19H,4-6,8-11H2,1-3H3,(H,22,25)/t14-,15+,18-,19-/m1/s1. The number of hydrogen-bond donors (Lipinski definition) is 1. The van der Waals surface area contributed by atoms with E-state index in [1.54, 1.807) is 14.2 Å². The SMILES string of the molecule is COc1nc2c(cc1C(=O)N1C[C@H]3C[C@@H](NC(C)=O)[C@H](OC)C[C@H]3C1)CCC2. The summed E-state index contributed by atoms with van der Waals surface area (Å²) in [7, 11) is 3.27. The molecule has 0 radical (unpaired) electrons. The van der Waals surface area contributed by atoms with Crippen molar-refractivity contribution < 1.29 is 19.1 Å². The highest BCUT2D eigenvalue weighted by atomic mass is 16.5. The van der Waals surface area contributed by atoms with Gasteiger partial charge in [0.25, 0.3) is 5.91 Å². The number of nitrogens with zero attached hydrogens (tertiary/aromatic N) is 2. The minimum atomic E-state index is -0.0367. The number of pyridine rings is 1. The zero-order valence-corrected chi connectivity index (χ0v) is 16.9.